The van der Waals surface area contributed by atoms with Gasteiger partial charge in [-0.05, 0) is 49.3 Å². The summed E-state index contributed by atoms with van der Waals surface area (Å²) < 4.78 is 26.9. The number of amides is 1. The molecule has 1 aliphatic heterocycles. The van der Waals surface area contributed by atoms with Crippen LogP contribution in [0.25, 0.3) is 0 Å². The van der Waals surface area contributed by atoms with Crippen molar-refractivity contribution in [3.8, 4) is 0 Å². The molecule has 1 N–H and O–H groups in total. The largest absolute Gasteiger partial charge is 0.356 e. The lowest BCUT2D eigenvalue weighted by molar-refractivity contribution is -0.121. The lowest BCUT2D eigenvalue weighted by Gasteiger charge is -2.31. The van der Waals surface area contributed by atoms with Crippen LogP contribution >= 0.6 is 0 Å². The predicted molar refractivity (Wildman–Crippen MR) is 110 cm³/mol. The zero-order valence-corrected chi connectivity index (χ0v) is 16.9. The number of carbonyl (C=O) groups is 1. The molecule has 150 valence electrons. The van der Waals surface area contributed by atoms with E-state index in [1.165, 1.54) is 5.56 Å². The van der Waals surface area contributed by atoms with Crippen LogP contribution in [0.3, 0.4) is 0 Å². The van der Waals surface area contributed by atoms with Crippen LogP contribution in [0.2, 0.25) is 0 Å². The Morgan fingerprint density at radius 3 is 2.21 bits per heavy atom. The molecular weight excluding hydrogens is 372 g/mol. The van der Waals surface area contributed by atoms with Crippen molar-refractivity contribution < 1.29 is 13.2 Å². The van der Waals surface area contributed by atoms with Gasteiger partial charge in [0.1, 0.15) is 0 Å². The van der Waals surface area contributed by atoms with Crippen LogP contribution in [0.4, 0.5) is 0 Å². The minimum atomic E-state index is -3.40. The highest BCUT2D eigenvalue weighted by Crippen LogP contribution is 2.26. The molecule has 1 aliphatic rings. The van der Waals surface area contributed by atoms with E-state index < -0.39 is 10.0 Å². The van der Waals surface area contributed by atoms with Crippen molar-refractivity contribution in [3.05, 3.63) is 66.2 Å². The van der Waals surface area contributed by atoms with E-state index in [-0.39, 0.29) is 5.91 Å². The number of nitrogens with one attached hydrogen (secondary N) is 1. The summed E-state index contributed by atoms with van der Waals surface area (Å²) in [5.41, 5.74) is 1.22. The Morgan fingerprint density at radius 2 is 1.57 bits per heavy atom. The van der Waals surface area contributed by atoms with Crippen molar-refractivity contribution in [1.82, 2.24) is 9.62 Å². The van der Waals surface area contributed by atoms with Gasteiger partial charge in [-0.25, -0.2) is 8.42 Å². The molecule has 0 aromatic heterocycles. The average molecular weight is 401 g/mol. The fourth-order valence-corrected chi connectivity index (χ4v) is 5.09. The normalized spacial score (nSPS) is 16.0. The molecule has 28 heavy (non-hydrogen) atoms. The SMILES string of the molecule is O=C(CCC1CCN(S(=O)(=O)c2ccccc2)CC1)NCCc1ccccc1. The Hall–Kier alpha value is -2.18. The summed E-state index contributed by atoms with van der Waals surface area (Å²) in [4.78, 5) is 12.4. The molecule has 0 unspecified atom stereocenters. The molecule has 1 heterocycles. The second-order valence-corrected chi connectivity index (χ2v) is 9.22. The van der Waals surface area contributed by atoms with Crippen molar-refractivity contribution in [1.29, 1.82) is 0 Å². The summed E-state index contributed by atoms with van der Waals surface area (Å²) in [5.74, 6) is 0.484. The molecule has 1 fully saturated rings. The number of rotatable bonds is 8. The first kappa shape index (κ1) is 20.6. The van der Waals surface area contributed by atoms with Crippen LogP contribution in [0, 0.1) is 5.92 Å². The quantitative estimate of drug-likeness (QED) is 0.740. The van der Waals surface area contributed by atoms with Gasteiger partial charge < -0.3 is 5.32 Å². The van der Waals surface area contributed by atoms with E-state index in [0.717, 1.165) is 25.7 Å². The van der Waals surface area contributed by atoms with E-state index in [2.05, 4.69) is 17.4 Å². The standard InChI is InChI=1S/C22H28N2O3S/c25-22(23-16-13-19-7-3-1-4-8-19)12-11-20-14-17-24(18-15-20)28(26,27)21-9-5-2-6-10-21/h1-10,20H,11-18H2,(H,23,25). The van der Waals surface area contributed by atoms with Gasteiger partial charge in [0.05, 0.1) is 4.90 Å². The number of carbonyl (C=O) groups excluding carboxylic acids is 1. The Labute approximate surface area is 167 Å². The third kappa shape index (κ3) is 5.66. The number of sulfonamides is 1. The molecule has 6 heteroatoms. The van der Waals surface area contributed by atoms with Gasteiger partial charge >= 0.3 is 0 Å². The maximum Gasteiger partial charge on any atom is 0.243 e. The summed E-state index contributed by atoms with van der Waals surface area (Å²) in [5, 5.41) is 2.98. The second-order valence-electron chi connectivity index (χ2n) is 7.28. The predicted octanol–water partition coefficient (Wildman–Crippen LogP) is 3.23. The third-order valence-electron chi connectivity index (χ3n) is 5.31. The summed E-state index contributed by atoms with van der Waals surface area (Å²) >= 11 is 0. The van der Waals surface area contributed by atoms with Gasteiger partial charge in [0, 0.05) is 26.1 Å². The minimum absolute atomic E-state index is 0.0790. The molecule has 0 bridgehead atoms. The van der Waals surface area contributed by atoms with Crippen LogP contribution in [0.15, 0.2) is 65.6 Å². The number of piperidine rings is 1. The maximum atomic E-state index is 12.7. The Morgan fingerprint density at radius 1 is 0.964 bits per heavy atom. The van der Waals surface area contributed by atoms with Gasteiger partial charge in [-0.3, -0.25) is 4.79 Å². The van der Waals surface area contributed by atoms with E-state index in [9.17, 15) is 13.2 Å². The van der Waals surface area contributed by atoms with E-state index in [4.69, 9.17) is 0 Å². The molecule has 0 aliphatic carbocycles. The molecule has 0 radical (unpaired) electrons. The summed E-state index contributed by atoms with van der Waals surface area (Å²) in [6, 6.07) is 18.7. The number of benzene rings is 2. The first-order valence-corrected chi connectivity index (χ1v) is 11.4. The van der Waals surface area contributed by atoms with Crippen molar-refractivity contribution in [2.45, 2.75) is 37.0 Å². The molecular formula is C22H28N2O3S. The van der Waals surface area contributed by atoms with Gasteiger partial charge in [0.15, 0.2) is 0 Å². The fourth-order valence-electron chi connectivity index (χ4n) is 3.59. The topological polar surface area (TPSA) is 66.5 Å². The Balaban J connectivity index is 1.37. The molecule has 1 saturated heterocycles. The lowest BCUT2D eigenvalue weighted by atomic mass is 9.93. The van der Waals surface area contributed by atoms with Gasteiger partial charge in [0.25, 0.3) is 0 Å². The molecule has 1 amide bonds. The van der Waals surface area contributed by atoms with Crippen LogP contribution in [-0.4, -0.2) is 38.3 Å². The fraction of sp³-hybridized carbons (Fsp3) is 0.409. The van der Waals surface area contributed by atoms with E-state index >= 15 is 0 Å². The van der Waals surface area contributed by atoms with E-state index in [0.29, 0.717) is 36.9 Å². The molecule has 0 spiro atoms. The molecule has 3 rings (SSSR count). The number of nitrogens with zero attached hydrogens (tertiary/aromatic N) is 1. The van der Waals surface area contributed by atoms with Crippen molar-refractivity contribution >= 4 is 15.9 Å². The van der Waals surface area contributed by atoms with Crippen molar-refractivity contribution in [3.63, 3.8) is 0 Å². The van der Waals surface area contributed by atoms with Crippen LogP contribution in [0.1, 0.15) is 31.2 Å². The number of hydrogen-bond acceptors (Lipinski definition) is 3. The van der Waals surface area contributed by atoms with Gasteiger partial charge in [0.2, 0.25) is 15.9 Å². The van der Waals surface area contributed by atoms with E-state index in [1.54, 1.807) is 28.6 Å². The van der Waals surface area contributed by atoms with Crippen LogP contribution in [0.5, 0.6) is 0 Å². The first-order valence-electron chi connectivity index (χ1n) is 9.91. The van der Waals surface area contributed by atoms with Crippen molar-refractivity contribution in [2.24, 2.45) is 5.92 Å². The van der Waals surface area contributed by atoms with Crippen LogP contribution < -0.4 is 5.32 Å². The zero-order chi connectivity index (χ0) is 19.8. The van der Waals surface area contributed by atoms with E-state index in [1.807, 2.05) is 24.3 Å². The lowest BCUT2D eigenvalue weighted by Crippen LogP contribution is -2.38. The maximum absolute atomic E-state index is 12.7. The highest BCUT2D eigenvalue weighted by atomic mass is 32.2. The summed E-state index contributed by atoms with van der Waals surface area (Å²) in [7, 11) is -3.40. The minimum Gasteiger partial charge on any atom is -0.356 e. The highest BCUT2D eigenvalue weighted by Gasteiger charge is 2.29. The molecule has 5 nitrogen and oxygen atoms in total. The number of hydrogen-bond donors (Lipinski definition) is 1. The van der Waals surface area contributed by atoms with Gasteiger partial charge in [-0.15, -0.1) is 0 Å². The van der Waals surface area contributed by atoms with Gasteiger partial charge in [-0.1, -0.05) is 48.5 Å². The third-order valence-corrected chi connectivity index (χ3v) is 7.23. The van der Waals surface area contributed by atoms with Gasteiger partial charge in [-0.2, -0.15) is 4.31 Å². The average Bonchev–Trinajstić information content (AvgIpc) is 2.74. The first-order chi connectivity index (χ1) is 13.6. The zero-order valence-electron chi connectivity index (χ0n) is 16.1. The summed E-state index contributed by atoms with van der Waals surface area (Å²) in [6.07, 6.45) is 3.77. The summed E-state index contributed by atoms with van der Waals surface area (Å²) in [6.45, 7) is 1.70. The van der Waals surface area contributed by atoms with Crippen LogP contribution in [-0.2, 0) is 21.2 Å². The van der Waals surface area contributed by atoms with Crippen molar-refractivity contribution in [2.75, 3.05) is 19.6 Å². The molecule has 2 aromatic carbocycles. The Kier molecular flexibility index (Phi) is 7.23. The Bertz CT molecular complexity index is 846. The molecule has 0 saturated carbocycles. The smallest absolute Gasteiger partial charge is 0.243 e. The molecule has 0 atom stereocenters. The highest BCUT2D eigenvalue weighted by molar-refractivity contribution is 7.89. The molecule has 2 aromatic rings. The second kappa shape index (κ2) is 9.85. The monoisotopic (exact) mass is 400 g/mol.